The van der Waals surface area contributed by atoms with E-state index in [2.05, 4.69) is 40.5 Å². The van der Waals surface area contributed by atoms with Crippen molar-refractivity contribution in [3.63, 3.8) is 0 Å². The highest BCUT2D eigenvalue weighted by molar-refractivity contribution is 6.05. The molecule has 0 radical (unpaired) electrons. The molecule has 0 spiro atoms. The number of nitrogens with one attached hydrogen (secondary N) is 1. The molecule has 2 saturated heterocycles. The number of fused-ring (bicyclic) bond motifs is 2. The number of piperidine rings is 1. The predicted octanol–water partition coefficient (Wildman–Crippen LogP) is 4.57. The smallest absolute Gasteiger partial charge is 0.255 e. The third-order valence-corrected chi connectivity index (χ3v) is 9.88. The second-order valence-corrected chi connectivity index (χ2v) is 12.9. The molecule has 2 atom stereocenters. The molecule has 9 nitrogen and oxygen atoms in total. The maximum atomic E-state index is 13.0. The van der Waals surface area contributed by atoms with Crippen molar-refractivity contribution in [2.45, 2.75) is 76.1 Å². The number of nitrogens with zero attached hydrogens (tertiary/aromatic N) is 3. The average molecular weight is 597 g/mol. The number of likely N-dealkylation sites (tertiary alicyclic amines) is 1. The van der Waals surface area contributed by atoms with Crippen LogP contribution in [0.15, 0.2) is 48.5 Å². The minimum Gasteiger partial charge on any atom is -0.489 e. The van der Waals surface area contributed by atoms with E-state index in [0.29, 0.717) is 30.4 Å². The molecule has 3 fully saturated rings. The van der Waals surface area contributed by atoms with Crippen LogP contribution in [0.4, 0.5) is 0 Å². The molecule has 230 valence electrons. The van der Waals surface area contributed by atoms with E-state index < -0.39 is 11.9 Å². The fourth-order valence-electron chi connectivity index (χ4n) is 7.49. The summed E-state index contributed by atoms with van der Waals surface area (Å²) >= 11 is 0. The van der Waals surface area contributed by atoms with Crippen molar-refractivity contribution in [1.82, 2.24) is 20.1 Å². The molecule has 3 aromatic rings. The molecule has 7 rings (SSSR count). The Balaban J connectivity index is 0.936. The molecule has 1 aliphatic carbocycles. The van der Waals surface area contributed by atoms with Crippen LogP contribution in [0.3, 0.4) is 0 Å². The highest BCUT2D eigenvalue weighted by Crippen LogP contribution is 2.36. The molecule has 1 N–H and O–H groups in total. The van der Waals surface area contributed by atoms with Gasteiger partial charge in [-0.1, -0.05) is 12.1 Å². The molecule has 2 aromatic carbocycles. The third kappa shape index (κ3) is 5.95. The zero-order valence-corrected chi connectivity index (χ0v) is 25.3. The normalized spacial score (nSPS) is 25.8. The molecule has 1 aromatic heterocycles. The number of ether oxygens (including phenoxy) is 2. The van der Waals surface area contributed by atoms with Crippen molar-refractivity contribution in [2.24, 2.45) is 5.92 Å². The van der Waals surface area contributed by atoms with Crippen molar-refractivity contribution in [2.75, 3.05) is 26.8 Å². The van der Waals surface area contributed by atoms with Gasteiger partial charge in [-0.05, 0) is 92.0 Å². The lowest BCUT2D eigenvalue weighted by Gasteiger charge is -2.29. The van der Waals surface area contributed by atoms with E-state index >= 15 is 0 Å². The van der Waals surface area contributed by atoms with E-state index in [9.17, 15) is 14.4 Å². The predicted molar refractivity (Wildman–Crippen MR) is 165 cm³/mol. The summed E-state index contributed by atoms with van der Waals surface area (Å²) in [5.41, 5.74) is 5.03. The third-order valence-electron chi connectivity index (χ3n) is 9.88. The zero-order chi connectivity index (χ0) is 30.2. The number of methoxy groups -OCH3 is 1. The van der Waals surface area contributed by atoms with Gasteiger partial charge in [0.15, 0.2) is 0 Å². The van der Waals surface area contributed by atoms with Crippen molar-refractivity contribution < 1.29 is 23.9 Å². The summed E-state index contributed by atoms with van der Waals surface area (Å²) in [6.07, 6.45) is 6.41. The summed E-state index contributed by atoms with van der Waals surface area (Å²) in [6, 6.07) is 16.1. The lowest BCUT2D eigenvalue weighted by atomic mass is 9.80. The van der Waals surface area contributed by atoms with Crippen LogP contribution in [0.25, 0.3) is 10.9 Å². The summed E-state index contributed by atoms with van der Waals surface area (Å²) in [7, 11) is 1.79. The summed E-state index contributed by atoms with van der Waals surface area (Å²) in [5, 5.41) is 3.54. The topological polar surface area (TPSA) is 101 Å². The van der Waals surface area contributed by atoms with Gasteiger partial charge in [0.1, 0.15) is 17.9 Å². The van der Waals surface area contributed by atoms with Crippen LogP contribution in [0.2, 0.25) is 0 Å². The van der Waals surface area contributed by atoms with E-state index in [4.69, 9.17) is 14.5 Å². The average Bonchev–Trinajstić information content (AvgIpc) is 3.60. The number of amides is 3. The van der Waals surface area contributed by atoms with Crippen LogP contribution in [0.5, 0.6) is 5.75 Å². The number of hydrogen-bond acceptors (Lipinski definition) is 7. The van der Waals surface area contributed by atoms with E-state index in [1.54, 1.807) is 18.1 Å². The second kappa shape index (κ2) is 12.3. The SMILES string of the molecule is COCC1CCC(c2ccc3cc(CN4CCC(Oc5ccc6c(c5)CN(C5CCC(=O)NC5=O)C6=O)C4)ccc3n2)CC1. The van der Waals surface area contributed by atoms with E-state index in [1.165, 1.54) is 42.3 Å². The molecular formula is C35H40N4O5. The van der Waals surface area contributed by atoms with Gasteiger partial charge < -0.3 is 14.4 Å². The van der Waals surface area contributed by atoms with Crippen LogP contribution < -0.4 is 10.1 Å². The van der Waals surface area contributed by atoms with Gasteiger partial charge >= 0.3 is 0 Å². The monoisotopic (exact) mass is 596 g/mol. The Hall–Kier alpha value is -3.82. The van der Waals surface area contributed by atoms with E-state index in [0.717, 1.165) is 49.5 Å². The molecule has 9 heteroatoms. The number of pyridine rings is 1. The quantitative estimate of drug-likeness (QED) is 0.380. The number of aromatic nitrogens is 1. The molecule has 4 aliphatic rings. The molecule has 0 bridgehead atoms. The number of rotatable bonds is 8. The fourth-order valence-corrected chi connectivity index (χ4v) is 7.49. The second-order valence-electron chi connectivity index (χ2n) is 12.9. The van der Waals surface area contributed by atoms with Gasteiger partial charge in [-0.3, -0.25) is 29.6 Å². The number of hydrogen-bond donors (Lipinski definition) is 1. The van der Waals surface area contributed by atoms with Crippen LogP contribution in [-0.4, -0.2) is 71.5 Å². The summed E-state index contributed by atoms with van der Waals surface area (Å²) in [5.74, 6) is 1.13. The molecule has 44 heavy (non-hydrogen) atoms. The largest absolute Gasteiger partial charge is 0.489 e. The first-order chi connectivity index (χ1) is 21.4. The van der Waals surface area contributed by atoms with Crippen LogP contribution in [0.1, 0.15) is 78.0 Å². The molecule has 3 amide bonds. The number of benzene rings is 2. The fraction of sp³-hybridized carbons (Fsp3) is 0.486. The number of imide groups is 1. The Morgan fingerprint density at radius 1 is 0.955 bits per heavy atom. The van der Waals surface area contributed by atoms with E-state index in [-0.39, 0.29) is 24.3 Å². The van der Waals surface area contributed by atoms with Gasteiger partial charge in [0.2, 0.25) is 11.8 Å². The minimum atomic E-state index is -0.612. The van der Waals surface area contributed by atoms with Crippen LogP contribution in [-0.2, 0) is 27.4 Å². The van der Waals surface area contributed by atoms with E-state index in [1.807, 2.05) is 12.1 Å². The standard InChI is InChI=1S/C35H40N4O5/c1-43-21-22-2-5-24(6-3-22)30-11-7-25-16-23(4-10-31(25)36-30)18-38-15-14-28(20-38)44-27-8-9-29-26(17-27)19-39(35(29)42)32-12-13-33(40)37-34(32)41/h4,7-11,16-17,22,24,28,32H,2-3,5-6,12-15,18-21H2,1H3,(H,37,40,41). The summed E-state index contributed by atoms with van der Waals surface area (Å²) in [6.45, 7) is 3.87. The molecule has 3 aliphatic heterocycles. The minimum absolute atomic E-state index is 0.0695. The lowest BCUT2D eigenvalue weighted by molar-refractivity contribution is -0.136. The highest BCUT2D eigenvalue weighted by Gasteiger charge is 2.39. The van der Waals surface area contributed by atoms with Crippen molar-refractivity contribution in [1.29, 1.82) is 0 Å². The van der Waals surface area contributed by atoms with Gasteiger partial charge in [-0.25, -0.2) is 0 Å². The Labute approximate surface area is 257 Å². The Morgan fingerprint density at radius 3 is 2.64 bits per heavy atom. The van der Waals surface area contributed by atoms with Crippen molar-refractivity contribution in [3.05, 3.63) is 70.9 Å². The Bertz CT molecular complexity index is 1580. The maximum absolute atomic E-state index is 13.0. The van der Waals surface area contributed by atoms with Gasteiger partial charge in [0, 0.05) is 68.9 Å². The maximum Gasteiger partial charge on any atom is 0.255 e. The molecule has 2 unspecified atom stereocenters. The van der Waals surface area contributed by atoms with Crippen LogP contribution in [0, 0.1) is 5.92 Å². The zero-order valence-electron chi connectivity index (χ0n) is 25.3. The molecule has 1 saturated carbocycles. The van der Waals surface area contributed by atoms with Gasteiger partial charge in [0.25, 0.3) is 5.91 Å². The van der Waals surface area contributed by atoms with Crippen LogP contribution >= 0.6 is 0 Å². The molecular weight excluding hydrogens is 556 g/mol. The number of carbonyl (C=O) groups is 3. The first-order valence-corrected chi connectivity index (χ1v) is 16.0. The van der Waals surface area contributed by atoms with Crippen molar-refractivity contribution >= 4 is 28.6 Å². The molecule has 4 heterocycles. The van der Waals surface area contributed by atoms with Crippen molar-refractivity contribution in [3.8, 4) is 5.75 Å². The highest BCUT2D eigenvalue weighted by atomic mass is 16.5. The Kier molecular flexibility index (Phi) is 8.08. The summed E-state index contributed by atoms with van der Waals surface area (Å²) < 4.78 is 11.7. The lowest BCUT2D eigenvalue weighted by Crippen LogP contribution is -2.52. The van der Waals surface area contributed by atoms with Gasteiger partial charge in [-0.2, -0.15) is 0 Å². The first kappa shape index (κ1) is 28.9. The van der Waals surface area contributed by atoms with Gasteiger partial charge in [0.05, 0.1) is 5.52 Å². The number of carbonyl (C=O) groups excluding carboxylic acids is 3. The van der Waals surface area contributed by atoms with Gasteiger partial charge in [-0.15, -0.1) is 0 Å². The Morgan fingerprint density at radius 2 is 1.82 bits per heavy atom. The summed E-state index contributed by atoms with van der Waals surface area (Å²) in [4.78, 5) is 45.9. The first-order valence-electron chi connectivity index (χ1n) is 16.0.